The number of nitrogens with one attached hydrogen (secondary N) is 1. The predicted octanol–water partition coefficient (Wildman–Crippen LogP) is 1.86. The largest absolute Gasteiger partial charge is 0.379 e. The Kier molecular flexibility index (Phi) is 3.63. The van der Waals surface area contributed by atoms with Crippen LogP contribution in [0.2, 0.25) is 0 Å². The number of anilines is 1. The van der Waals surface area contributed by atoms with Crippen LogP contribution in [0.1, 0.15) is 9.88 Å². The molecule has 2 rings (SSSR count). The first-order valence-electron chi connectivity index (χ1n) is 5.26. The summed E-state index contributed by atoms with van der Waals surface area (Å²) < 4.78 is 22.5. The summed E-state index contributed by atoms with van der Waals surface area (Å²) in [7, 11) is -3.23. The van der Waals surface area contributed by atoms with Crippen LogP contribution in [0.15, 0.2) is 29.6 Å². The molecule has 0 saturated carbocycles. The molecule has 96 valence electrons. The lowest BCUT2D eigenvalue weighted by Gasteiger charge is -2.04. The molecule has 0 bridgehead atoms. The monoisotopic (exact) mass is 283 g/mol. The van der Waals surface area contributed by atoms with E-state index in [4.69, 9.17) is 0 Å². The minimum absolute atomic E-state index is 0.0849. The lowest BCUT2D eigenvalue weighted by Crippen LogP contribution is -2.02. The van der Waals surface area contributed by atoms with Gasteiger partial charge in [0.15, 0.2) is 14.9 Å². The van der Waals surface area contributed by atoms with E-state index in [9.17, 15) is 8.42 Å². The molecule has 2 heterocycles. The van der Waals surface area contributed by atoms with Crippen LogP contribution in [0.4, 0.5) is 5.69 Å². The van der Waals surface area contributed by atoms with E-state index < -0.39 is 9.84 Å². The van der Waals surface area contributed by atoms with Crippen molar-refractivity contribution in [3.8, 4) is 0 Å². The van der Waals surface area contributed by atoms with Gasteiger partial charge in [0, 0.05) is 17.3 Å². The molecule has 2 aromatic rings. The smallest absolute Gasteiger partial charge is 0.192 e. The summed E-state index contributed by atoms with van der Waals surface area (Å²) in [6.45, 7) is 2.61. The number of hydrogen-bond donors (Lipinski definition) is 1. The Morgan fingerprint density at radius 3 is 2.56 bits per heavy atom. The van der Waals surface area contributed by atoms with E-state index >= 15 is 0 Å². The van der Waals surface area contributed by atoms with Crippen LogP contribution >= 0.6 is 11.3 Å². The Labute approximate surface area is 110 Å². The summed E-state index contributed by atoms with van der Waals surface area (Å²) in [4.78, 5) is 9.19. The van der Waals surface area contributed by atoms with E-state index in [-0.39, 0.29) is 5.03 Å². The third kappa shape index (κ3) is 3.27. The van der Waals surface area contributed by atoms with Crippen molar-refractivity contribution in [1.82, 2.24) is 9.97 Å². The first-order valence-corrected chi connectivity index (χ1v) is 7.97. The van der Waals surface area contributed by atoms with Crippen LogP contribution in [0, 0.1) is 6.92 Å². The fourth-order valence-corrected chi connectivity index (χ4v) is 2.67. The van der Waals surface area contributed by atoms with Crippen molar-refractivity contribution in [2.75, 3.05) is 11.6 Å². The number of nitrogens with zero attached hydrogens (tertiary/aromatic N) is 2. The van der Waals surface area contributed by atoms with Gasteiger partial charge in [-0.25, -0.2) is 18.4 Å². The minimum Gasteiger partial charge on any atom is -0.379 e. The molecular formula is C11H13N3O2S2. The average molecular weight is 283 g/mol. The van der Waals surface area contributed by atoms with Crippen LogP contribution < -0.4 is 5.32 Å². The normalized spacial score (nSPS) is 11.4. The maximum atomic E-state index is 11.2. The molecule has 2 aromatic heterocycles. The zero-order chi connectivity index (χ0) is 13.2. The SMILES string of the molecule is Cc1ncc(CNc2ccc(S(C)(=O)=O)nc2)s1. The van der Waals surface area contributed by atoms with E-state index in [1.165, 1.54) is 12.3 Å². The molecule has 0 fully saturated rings. The van der Waals surface area contributed by atoms with Gasteiger partial charge in [-0.1, -0.05) is 0 Å². The molecule has 18 heavy (non-hydrogen) atoms. The van der Waals surface area contributed by atoms with Crippen LogP contribution in [-0.2, 0) is 16.4 Å². The van der Waals surface area contributed by atoms with Gasteiger partial charge >= 0.3 is 0 Å². The third-order valence-corrected chi connectivity index (χ3v) is 4.17. The average Bonchev–Trinajstić information content (AvgIpc) is 2.72. The highest BCUT2D eigenvalue weighted by molar-refractivity contribution is 7.90. The van der Waals surface area contributed by atoms with E-state index in [1.54, 1.807) is 17.4 Å². The van der Waals surface area contributed by atoms with E-state index in [1.807, 2.05) is 13.1 Å². The molecule has 0 spiro atoms. The second kappa shape index (κ2) is 5.03. The van der Waals surface area contributed by atoms with Crippen molar-refractivity contribution in [3.05, 3.63) is 34.4 Å². The van der Waals surface area contributed by atoms with E-state index in [2.05, 4.69) is 15.3 Å². The van der Waals surface area contributed by atoms with Crippen LogP contribution in [0.3, 0.4) is 0 Å². The maximum absolute atomic E-state index is 11.2. The van der Waals surface area contributed by atoms with Crippen molar-refractivity contribution >= 4 is 26.9 Å². The molecule has 0 saturated heterocycles. The van der Waals surface area contributed by atoms with Crippen LogP contribution in [0.5, 0.6) is 0 Å². The minimum atomic E-state index is -3.23. The number of aryl methyl sites for hydroxylation is 1. The number of rotatable bonds is 4. The molecular weight excluding hydrogens is 270 g/mol. The van der Waals surface area contributed by atoms with Crippen LogP contribution in [-0.4, -0.2) is 24.6 Å². The Morgan fingerprint density at radius 2 is 2.06 bits per heavy atom. The second-order valence-electron chi connectivity index (χ2n) is 3.86. The summed E-state index contributed by atoms with van der Waals surface area (Å²) in [6.07, 6.45) is 4.48. The zero-order valence-electron chi connectivity index (χ0n) is 10.0. The van der Waals surface area contributed by atoms with Crippen molar-refractivity contribution in [3.63, 3.8) is 0 Å². The molecule has 0 unspecified atom stereocenters. The molecule has 7 heteroatoms. The number of thiazole rings is 1. The van der Waals surface area contributed by atoms with Crippen molar-refractivity contribution in [1.29, 1.82) is 0 Å². The second-order valence-corrected chi connectivity index (χ2v) is 7.14. The Morgan fingerprint density at radius 1 is 1.28 bits per heavy atom. The first kappa shape index (κ1) is 13.0. The lowest BCUT2D eigenvalue weighted by molar-refractivity contribution is 0.598. The molecule has 0 aromatic carbocycles. The third-order valence-electron chi connectivity index (χ3n) is 2.25. The summed E-state index contributed by atoms with van der Waals surface area (Å²) in [5, 5.41) is 4.28. The summed E-state index contributed by atoms with van der Waals surface area (Å²) >= 11 is 1.62. The number of aromatic nitrogens is 2. The summed E-state index contributed by atoms with van der Waals surface area (Å²) in [5.74, 6) is 0. The molecule has 0 radical (unpaired) electrons. The fourth-order valence-electron chi connectivity index (χ4n) is 1.38. The number of hydrogen-bond acceptors (Lipinski definition) is 6. The standard InChI is InChI=1S/C11H13N3O2S2/c1-8-12-6-10(17-8)7-13-9-3-4-11(14-5-9)18(2,15)16/h3-6,13H,7H2,1-2H3. The zero-order valence-corrected chi connectivity index (χ0v) is 11.7. The van der Waals surface area contributed by atoms with Gasteiger partial charge in [0.25, 0.3) is 0 Å². The summed E-state index contributed by atoms with van der Waals surface area (Å²) in [5.41, 5.74) is 0.786. The predicted molar refractivity (Wildman–Crippen MR) is 71.5 cm³/mol. The number of pyridine rings is 1. The highest BCUT2D eigenvalue weighted by Gasteiger charge is 2.07. The molecule has 1 N–H and O–H groups in total. The first-order chi connectivity index (χ1) is 8.45. The topological polar surface area (TPSA) is 72.0 Å². The van der Waals surface area contributed by atoms with Gasteiger partial charge in [-0.2, -0.15) is 0 Å². The van der Waals surface area contributed by atoms with Gasteiger partial charge in [0.1, 0.15) is 0 Å². The van der Waals surface area contributed by atoms with Crippen LogP contribution in [0.25, 0.3) is 0 Å². The maximum Gasteiger partial charge on any atom is 0.192 e. The number of sulfone groups is 1. The van der Waals surface area contributed by atoms with Crippen molar-refractivity contribution < 1.29 is 8.42 Å². The van der Waals surface area contributed by atoms with Gasteiger partial charge in [-0.3, -0.25) is 0 Å². The Bertz CT molecular complexity index is 633. The molecule has 0 atom stereocenters. The Balaban J connectivity index is 2.03. The Hall–Kier alpha value is -1.47. The van der Waals surface area contributed by atoms with E-state index in [0.717, 1.165) is 21.8 Å². The highest BCUT2D eigenvalue weighted by Crippen LogP contribution is 2.15. The summed E-state index contributed by atoms with van der Waals surface area (Å²) in [6, 6.07) is 3.20. The van der Waals surface area contributed by atoms with Crippen molar-refractivity contribution in [2.45, 2.75) is 18.5 Å². The lowest BCUT2D eigenvalue weighted by atomic mass is 10.4. The van der Waals surface area contributed by atoms with Gasteiger partial charge < -0.3 is 5.32 Å². The molecule has 0 aliphatic rings. The fraction of sp³-hybridized carbons (Fsp3) is 0.273. The molecule has 0 aliphatic carbocycles. The molecule has 0 aliphatic heterocycles. The van der Waals surface area contributed by atoms with Crippen molar-refractivity contribution in [2.24, 2.45) is 0 Å². The van der Waals surface area contributed by atoms with E-state index in [0.29, 0.717) is 6.54 Å². The van der Waals surface area contributed by atoms with Gasteiger partial charge in [-0.15, -0.1) is 11.3 Å². The highest BCUT2D eigenvalue weighted by atomic mass is 32.2. The molecule has 0 amide bonds. The molecule has 5 nitrogen and oxygen atoms in total. The van der Waals surface area contributed by atoms with Gasteiger partial charge in [-0.05, 0) is 19.1 Å². The van der Waals surface area contributed by atoms with Gasteiger partial charge in [0.2, 0.25) is 0 Å². The quantitative estimate of drug-likeness (QED) is 0.927. The van der Waals surface area contributed by atoms with Gasteiger partial charge in [0.05, 0.1) is 23.4 Å².